The molecule has 1 aliphatic rings. The number of carbonyl (C=O) groups excluding carboxylic acids is 1. The van der Waals surface area contributed by atoms with Crippen LogP contribution in [0.15, 0.2) is 24.3 Å². The number of amides is 1. The second-order valence-electron chi connectivity index (χ2n) is 6.13. The number of nitrogens with one attached hydrogen (secondary N) is 1. The van der Waals surface area contributed by atoms with Crippen molar-refractivity contribution in [1.29, 1.82) is 0 Å². The van der Waals surface area contributed by atoms with Gasteiger partial charge < -0.3 is 14.8 Å². The summed E-state index contributed by atoms with van der Waals surface area (Å²) in [7, 11) is 3.50. The molecule has 8 heteroatoms. The van der Waals surface area contributed by atoms with Gasteiger partial charge in [-0.2, -0.15) is 13.2 Å². The number of rotatable bonds is 2. The topological polar surface area (TPSA) is 50.2 Å². The van der Waals surface area contributed by atoms with E-state index in [2.05, 4.69) is 15.2 Å². The number of hydrogen-bond acceptors (Lipinski definition) is 3. The molecule has 134 valence electrons. The lowest BCUT2D eigenvalue weighted by molar-refractivity contribution is -0.137. The van der Waals surface area contributed by atoms with E-state index in [0.29, 0.717) is 30.2 Å². The van der Waals surface area contributed by atoms with E-state index in [0.717, 1.165) is 30.8 Å². The molecule has 0 atom stereocenters. The van der Waals surface area contributed by atoms with Gasteiger partial charge in [-0.3, -0.25) is 4.79 Å². The van der Waals surface area contributed by atoms with Crippen molar-refractivity contribution in [3.05, 3.63) is 41.2 Å². The summed E-state index contributed by atoms with van der Waals surface area (Å²) in [5.74, 6) is 0.231. The summed E-state index contributed by atoms with van der Waals surface area (Å²) < 4.78 is 40.2. The van der Waals surface area contributed by atoms with Gasteiger partial charge in [0.15, 0.2) is 5.69 Å². The van der Waals surface area contributed by atoms with Crippen LogP contribution in [-0.2, 0) is 19.3 Å². The number of benzene rings is 1. The first kappa shape index (κ1) is 17.5. The number of halogens is 3. The molecule has 1 amide bonds. The Hall–Kier alpha value is -2.35. The molecule has 0 unspecified atom stereocenters. The van der Waals surface area contributed by atoms with Crippen LogP contribution in [0.5, 0.6) is 0 Å². The first-order valence-electron chi connectivity index (χ1n) is 7.99. The molecule has 1 aliphatic heterocycles. The molecule has 0 radical (unpaired) electrons. The Kier molecular flexibility index (Phi) is 4.55. The van der Waals surface area contributed by atoms with Crippen LogP contribution >= 0.6 is 0 Å². The molecule has 0 aliphatic carbocycles. The van der Waals surface area contributed by atoms with Gasteiger partial charge in [0.1, 0.15) is 5.82 Å². The van der Waals surface area contributed by atoms with Gasteiger partial charge in [-0.1, -0.05) is 12.1 Å². The van der Waals surface area contributed by atoms with Gasteiger partial charge >= 0.3 is 6.18 Å². The maximum absolute atomic E-state index is 12.8. The summed E-state index contributed by atoms with van der Waals surface area (Å²) in [6.45, 7) is 2.11. The van der Waals surface area contributed by atoms with Gasteiger partial charge in [-0.25, -0.2) is 4.98 Å². The first-order valence-corrected chi connectivity index (χ1v) is 7.99. The highest BCUT2D eigenvalue weighted by molar-refractivity contribution is 5.94. The van der Waals surface area contributed by atoms with Gasteiger partial charge in [0, 0.05) is 25.7 Å². The van der Waals surface area contributed by atoms with Crippen molar-refractivity contribution in [2.75, 3.05) is 20.6 Å². The fourth-order valence-electron chi connectivity index (χ4n) is 3.05. The summed E-state index contributed by atoms with van der Waals surface area (Å²) >= 11 is 0. The summed E-state index contributed by atoms with van der Waals surface area (Å²) in [4.78, 5) is 18.7. The van der Waals surface area contributed by atoms with Crippen molar-refractivity contribution < 1.29 is 18.0 Å². The fraction of sp³-hybridized carbons (Fsp3) is 0.412. The average Bonchev–Trinajstić information content (AvgIpc) is 2.80. The summed E-state index contributed by atoms with van der Waals surface area (Å²) in [6.07, 6.45) is -3.50. The fourth-order valence-corrected chi connectivity index (χ4v) is 3.05. The predicted molar refractivity (Wildman–Crippen MR) is 87.0 cm³/mol. The normalized spacial score (nSPS) is 15.6. The number of alkyl halides is 3. The molecular weight excluding hydrogens is 333 g/mol. The Balaban J connectivity index is 2.09. The van der Waals surface area contributed by atoms with E-state index in [1.54, 1.807) is 0 Å². The highest BCUT2D eigenvalue weighted by Crippen LogP contribution is 2.32. The van der Waals surface area contributed by atoms with Crippen molar-refractivity contribution in [3.63, 3.8) is 0 Å². The third-order valence-electron chi connectivity index (χ3n) is 4.33. The number of imidazole rings is 1. The van der Waals surface area contributed by atoms with Crippen molar-refractivity contribution >= 4 is 5.91 Å². The Morgan fingerprint density at radius 2 is 1.88 bits per heavy atom. The number of nitrogens with zero attached hydrogens (tertiary/aromatic N) is 3. The van der Waals surface area contributed by atoms with Gasteiger partial charge in [-0.05, 0) is 32.1 Å². The summed E-state index contributed by atoms with van der Waals surface area (Å²) in [6, 6.07) is 4.89. The highest BCUT2D eigenvalue weighted by Gasteiger charge is 2.31. The van der Waals surface area contributed by atoms with E-state index in [-0.39, 0.29) is 5.91 Å². The molecule has 0 saturated carbocycles. The van der Waals surface area contributed by atoms with E-state index in [1.807, 2.05) is 11.6 Å². The zero-order valence-electron chi connectivity index (χ0n) is 14.0. The first-order chi connectivity index (χ1) is 11.8. The minimum atomic E-state index is -4.38. The van der Waals surface area contributed by atoms with Crippen molar-refractivity contribution in [2.24, 2.45) is 0 Å². The molecule has 1 N–H and O–H groups in total. The second-order valence-corrected chi connectivity index (χ2v) is 6.13. The molecule has 0 fully saturated rings. The van der Waals surface area contributed by atoms with Crippen LogP contribution in [-0.4, -0.2) is 41.0 Å². The number of fused-ring (bicyclic) bond motifs is 1. The third-order valence-corrected chi connectivity index (χ3v) is 4.33. The van der Waals surface area contributed by atoms with Crippen LogP contribution in [0.4, 0.5) is 13.2 Å². The van der Waals surface area contributed by atoms with Gasteiger partial charge in [-0.15, -0.1) is 0 Å². The van der Waals surface area contributed by atoms with Gasteiger partial charge in [0.2, 0.25) is 0 Å². The Morgan fingerprint density at radius 1 is 1.20 bits per heavy atom. The lowest BCUT2D eigenvalue weighted by Crippen LogP contribution is -2.23. The highest BCUT2D eigenvalue weighted by atomic mass is 19.4. The second kappa shape index (κ2) is 6.51. The molecule has 1 aromatic carbocycles. The third kappa shape index (κ3) is 3.39. The Morgan fingerprint density at radius 3 is 2.48 bits per heavy atom. The SMILES string of the molecule is CNC(=O)c1nc(-c2ccc(C(F)(F)F)cc2)n2c1CN(C)CCC2. The predicted octanol–water partition coefficient (Wildman–Crippen LogP) is 2.76. The zero-order valence-corrected chi connectivity index (χ0v) is 14.0. The molecule has 3 rings (SSSR count). The molecule has 0 bridgehead atoms. The lowest BCUT2D eigenvalue weighted by atomic mass is 10.1. The summed E-state index contributed by atoms with van der Waals surface area (Å²) in [5, 5.41) is 2.58. The quantitative estimate of drug-likeness (QED) is 0.904. The smallest absolute Gasteiger partial charge is 0.354 e. The molecule has 25 heavy (non-hydrogen) atoms. The van der Waals surface area contributed by atoms with Crippen molar-refractivity contribution in [3.8, 4) is 11.4 Å². The maximum Gasteiger partial charge on any atom is 0.416 e. The number of aromatic nitrogens is 2. The molecule has 2 heterocycles. The minimum Gasteiger partial charge on any atom is -0.354 e. The standard InChI is InChI=1S/C17H19F3N4O/c1-21-16(25)14-13-10-23(2)8-3-9-24(13)15(22-14)11-4-6-12(7-5-11)17(18,19)20/h4-7H,3,8-10H2,1-2H3,(H,21,25). The van der Waals surface area contributed by atoms with E-state index in [9.17, 15) is 18.0 Å². The largest absolute Gasteiger partial charge is 0.416 e. The molecule has 0 spiro atoms. The van der Waals surface area contributed by atoms with Crippen LogP contribution in [0, 0.1) is 0 Å². The van der Waals surface area contributed by atoms with Gasteiger partial charge in [0.05, 0.1) is 11.3 Å². The van der Waals surface area contributed by atoms with Crippen LogP contribution < -0.4 is 5.32 Å². The number of hydrogen-bond donors (Lipinski definition) is 1. The van der Waals surface area contributed by atoms with E-state index < -0.39 is 11.7 Å². The molecule has 5 nitrogen and oxygen atoms in total. The monoisotopic (exact) mass is 352 g/mol. The lowest BCUT2D eigenvalue weighted by Gasteiger charge is -2.12. The molecular formula is C17H19F3N4O. The van der Waals surface area contributed by atoms with Crippen molar-refractivity contribution in [1.82, 2.24) is 19.8 Å². The van der Waals surface area contributed by atoms with E-state index >= 15 is 0 Å². The van der Waals surface area contributed by atoms with Crippen LogP contribution in [0.3, 0.4) is 0 Å². The Labute approximate surface area is 143 Å². The zero-order chi connectivity index (χ0) is 18.2. The van der Waals surface area contributed by atoms with Crippen LogP contribution in [0.1, 0.15) is 28.2 Å². The van der Waals surface area contributed by atoms with Crippen LogP contribution in [0.25, 0.3) is 11.4 Å². The van der Waals surface area contributed by atoms with Gasteiger partial charge in [0.25, 0.3) is 5.91 Å². The van der Waals surface area contributed by atoms with E-state index in [1.165, 1.54) is 19.2 Å². The molecule has 0 saturated heterocycles. The maximum atomic E-state index is 12.8. The number of carbonyl (C=O) groups is 1. The average molecular weight is 352 g/mol. The summed E-state index contributed by atoms with van der Waals surface area (Å²) in [5.41, 5.74) is 0.972. The Bertz CT molecular complexity index is 780. The minimum absolute atomic E-state index is 0.294. The van der Waals surface area contributed by atoms with Crippen LogP contribution in [0.2, 0.25) is 0 Å². The molecule has 1 aromatic heterocycles. The van der Waals surface area contributed by atoms with Crippen molar-refractivity contribution in [2.45, 2.75) is 25.7 Å². The van der Waals surface area contributed by atoms with E-state index in [4.69, 9.17) is 0 Å². The molecule has 2 aromatic rings.